The number of benzene rings is 1. The molecule has 0 atom stereocenters. The number of rotatable bonds is 5. The Labute approximate surface area is 133 Å². The van der Waals surface area contributed by atoms with E-state index in [1.165, 1.54) is 6.20 Å². The minimum atomic E-state index is -0.289. The van der Waals surface area contributed by atoms with Gasteiger partial charge in [0, 0.05) is 12.7 Å². The summed E-state index contributed by atoms with van der Waals surface area (Å²) >= 11 is 0. The van der Waals surface area contributed by atoms with Crippen molar-refractivity contribution in [3.63, 3.8) is 0 Å². The molecule has 6 nitrogen and oxygen atoms in total. The fraction of sp³-hybridized carbons (Fsp3) is 0.118. The molecular weight excluding hydrogens is 292 g/mol. The highest BCUT2D eigenvalue weighted by Gasteiger charge is 2.10. The van der Waals surface area contributed by atoms with Crippen LogP contribution in [0.5, 0.6) is 0 Å². The van der Waals surface area contributed by atoms with Crippen molar-refractivity contribution in [1.29, 1.82) is 0 Å². The van der Waals surface area contributed by atoms with E-state index in [0.29, 0.717) is 18.1 Å². The molecule has 0 fully saturated rings. The van der Waals surface area contributed by atoms with Crippen molar-refractivity contribution in [1.82, 2.24) is 15.3 Å². The van der Waals surface area contributed by atoms with Gasteiger partial charge >= 0.3 is 0 Å². The zero-order valence-electron chi connectivity index (χ0n) is 12.6. The largest absolute Gasteiger partial charge is 0.467 e. The fourth-order valence-corrected chi connectivity index (χ4v) is 2.07. The van der Waals surface area contributed by atoms with Crippen LogP contribution in [0.4, 0.5) is 11.5 Å². The van der Waals surface area contributed by atoms with Crippen molar-refractivity contribution >= 4 is 17.4 Å². The van der Waals surface area contributed by atoms with Gasteiger partial charge in [0.1, 0.15) is 11.5 Å². The summed E-state index contributed by atoms with van der Waals surface area (Å²) in [6, 6.07) is 13.4. The number of carbonyl (C=O) groups is 1. The van der Waals surface area contributed by atoms with Crippen molar-refractivity contribution in [2.24, 2.45) is 0 Å². The number of amides is 1. The van der Waals surface area contributed by atoms with Gasteiger partial charge in [0.05, 0.1) is 25.2 Å². The Morgan fingerprint density at radius 3 is 2.61 bits per heavy atom. The van der Waals surface area contributed by atoms with Crippen LogP contribution in [0.15, 0.2) is 65.5 Å². The quantitative estimate of drug-likeness (QED) is 0.784. The number of furan rings is 1. The lowest BCUT2D eigenvalue weighted by Gasteiger charge is -2.17. The number of para-hydroxylation sites is 1. The molecule has 116 valence electrons. The first kappa shape index (κ1) is 14.8. The SMILES string of the molecule is CN(c1ccccc1)c1cnc(C(=O)NCc2ccco2)cn1. The molecule has 0 spiro atoms. The average Bonchev–Trinajstić information content (AvgIpc) is 3.13. The van der Waals surface area contributed by atoms with Gasteiger partial charge < -0.3 is 14.6 Å². The minimum absolute atomic E-state index is 0.266. The smallest absolute Gasteiger partial charge is 0.271 e. The van der Waals surface area contributed by atoms with E-state index in [0.717, 1.165) is 5.69 Å². The number of carbonyl (C=O) groups excluding carboxylic acids is 1. The van der Waals surface area contributed by atoms with Crippen LogP contribution in [0.25, 0.3) is 0 Å². The number of nitrogens with zero attached hydrogens (tertiary/aromatic N) is 3. The molecule has 2 heterocycles. The third kappa shape index (κ3) is 3.55. The summed E-state index contributed by atoms with van der Waals surface area (Å²) in [4.78, 5) is 22.4. The second-order valence-corrected chi connectivity index (χ2v) is 4.92. The lowest BCUT2D eigenvalue weighted by molar-refractivity contribution is 0.0942. The van der Waals surface area contributed by atoms with Gasteiger partial charge in [0.25, 0.3) is 5.91 Å². The van der Waals surface area contributed by atoms with Gasteiger partial charge in [0.2, 0.25) is 0 Å². The van der Waals surface area contributed by atoms with Crippen LogP contribution in [0.2, 0.25) is 0 Å². The van der Waals surface area contributed by atoms with Gasteiger partial charge in [-0.15, -0.1) is 0 Å². The Bertz CT molecular complexity index is 755. The first-order valence-corrected chi connectivity index (χ1v) is 7.15. The topological polar surface area (TPSA) is 71.3 Å². The molecule has 23 heavy (non-hydrogen) atoms. The van der Waals surface area contributed by atoms with Crippen LogP contribution < -0.4 is 10.2 Å². The first-order valence-electron chi connectivity index (χ1n) is 7.15. The molecular formula is C17H16N4O2. The number of anilines is 2. The van der Waals surface area contributed by atoms with E-state index < -0.39 is 0 Å². The van der Waals surface area contributed by atoms with Crippen molar-refractivity contribution in [2.45, 2.75) is 6.54 Å². The van der Waals surface area contributed by atoms with Crippen LogP contribution in [0.3, 0.4) is 0 Å². The molecule has 6 heteroatoms. The Hall–Kier alpha value is -3.15. The van der Waals surface area contributed by atoms with Crippen molar-refractivity contribution in [2.75, 3.05) is 11.9 Å². The zero-order chi connectivity index (χ0) is 16.1. The number of hydrogen-bond donors (Lipinski definition) is 1. The summed E-state index contributed by atoms with van der Waals surface area (Å²) in [5.74, 6) is 1.06. The first-order chi connectivity index (χ1) is 11.2. The summed E-state index contributed by atoms with van der Waals surface area (Å²) in [6.07, 6.45) is 4.61. The normalized spacial score (nSPS) is 10.3. The highest BCUT2D eigenvalue weighted by atomic mass is 16.3. The second kappa shape index (κ2) is 6.74. The van der Waals surface area contributed by atoms with Crippen molar-refractivity contribution in [3.8, 4) is 0 Å². The molecule has 0 saturated carbocycles. The molecule has 1 aromatic carbocycles. The van der Waals surface area contributed by atoms with E-state index in [2.05, 4.69) is 15.3 Å². The van der Waals surface area contributed by atoms with Crippen molar-refractivity contribution in [3.05, 3.63) is 72.6 Å². The molecule has 0 aliphatic rings. The van der Waals surface area contributed by atoms with Crippen LogP contribution in [-0.2, 0) is 6.54 Å². The van der Waals surface area contributed by atoms with E-state index in [9.17, 15) is 4.79 Å². The van der Waals surface area contributed by atoms with Gasteiger partial charge in [0.15, 0.2) is 5.82 Å². The molecule has 0 radical (unpaired) electrons. The van der Waals surface area contributed by atoms with E-state index in [1.807, 2.05) is 42.3 Å². The predicted molar refractivity (Wildman–Crippen MR) is 86.4 cm³/mol. The van der Waals surface area contributed by atoms with Gasteiger partial charge in [-0.2, -0.15) is 0 Å². The molecule has 1 amide bonds. The van der Waals surface area contributed by atoms with E-state index in [-0.39, 0.29) is 11.6 Å². The molecule has 0 aliphatic carbocycles. The Morgan fingerprint density at radius 2 is 1.96 bits per heavy atom. The maximum atomic E-state index is 12.0. The summed E-state index contributed by atoms with van der Waals surface area (Å²) in [6.45, 7) is 0.319. The lowest BCUT2D eigenvalue weighted by atomic mass is 10.3. The third-order valence-corrected chi connectivity index (χ3v) is 3.36. The van der Waals surface area contributed by atoms with Crippen LogP contribution >= 0.6 is 0 Å². The van der Waals surface area contributed by atoms with Crippen LogP contribution in [0, 0.1) is 0 Å². The van der Waals surface area contributed by atoms with Gasteiger partial charge in [-0.1, -0.05) is 18.2 Å². The minimum Gasteiger partial charge on any atom is -0.467 e. The summed E-state index contributed by atoms with van der Waals surface area (Å²) in [5, 5.41) is 2.73. The Morgan fingerprint density at radius 1 is 1.13 bits per heavy atom. The van der Waals surface area contributed by atoms with Gasteiger partial charge in [-0.3, -0.25) is 4.79 Å². The molecule has 3 rings (SSSR count). The number of aromatic nitrogens is 2. The van der Waals surface area contributed by atoms with Gasteiger partial charge in [-0.25, -0.2) is 9.97 Å². The molecule has 0 aliphatic heterocycles. The third-order valence-electron chi connectivity index (χ3n) is 3.36. The second-order valence-electron chi connectivity index (χ2n) is 4.92. The van der Waals surface area contributed by atoms with Crippen molar-refractivity contribution < 1.29 is 9.21 Å². The molecule has 0 saturated heterocycles. The molecule has 3 aromatic rings. The summed E-state index contributed by atoms with van der Waals surface area (Å²) in [5.41, 5.74) is 1.26. The molecule has 2 aromatic heterocycles. The average molecular weight is 308 g/mol. The lowest BCUT2D eigenvalue weighted by Crippen LogP contribution is -2.24. The number of nitrogens with one attached hydrogen (secondary N) is 1. The Kier molecular flexibility index (Phi) is 4.33. The standard InChI is InChI=1S/C17H16N4O2/c1-21(13-6-3-2-4-7-13)16-12-18-15(11-19-16)17(22)20-10-14-8-5-9-23-14/h2-9,11-12H,10H2,1H3,(H,20,22). The molecule has 0 unspecified atom stereocenters. The summed E-state index contributed by atoms with van der Waals surface area (Å²) < 4.78 is 5.16. The maximum Gasteiger partial charge on any atom is 0.271 e. The molecule has 1 N–H and O–H groups in total. The summed E-state index contributed by atoms with van der Waals surface area (Å²) in [7, 11) is 1.90. The predicted octanol–water partition coefficient (Wildman–Crippen LogP) is 2.77. The maximum absolute atomic E-state index is 12.0. The fourth-order valence-electron chi connectivity index (χ4n) is 2.07. The molecule has 0 bridgehead atoms. The highest BCUT2D eigenvalue weighted by Crippen LogP contribution is 2.19. The van der Waals surface area contributed by atoms with E-state index >= 15 is 0 Å². The zero-order valence-corrected chi connectivity index (χ0v) is 12.6. The van der Waals surface area contributed by atoms with E-state index in [1.54, 1.807) is 24.6 Å². The van der Waals surface area contributed by atoms with Gasteiger partial charge in [-0.05, 0) is 24.3 Å². The Balaban J connectivity index is 1.65. The van der Waals surface area contributed by atoms with E-state index in [4.69, 9.17) is 4.42 Å². The van der Waals surface area contributed by atoms with Crippen LogP contribution in [-0.4, -0.2) is 22.9 Å². The number of hydrogen-bond acceptors (Lipinski definition) is 5. The highest BCUT2D eigenvalue weighted by molar-refractivity contribution is 5.91. The van der Waals surface area contributed by atoms with Crippen LogP contribution in [0.1, 0.15) is 16.2 Å². The monoisotopic (exact) mass is 308 g/mol.